The van der Waals surface area contributed by atoms with E-state index in [9.17, 15) is 0 Å². The lowest BCUT2D eigenvalue weighted by atomic mass is 10.1. The molecule has 1 heterocycles. The molecule has 1 unspecified atom stereocenters. The zero-order valence-electron chi connectivity index (χ0n) is 19.1. The third-order valence-electron chi connectivity index (χ3n) is 5.84. The van der Waals surface area contributed by atoms with Gasteiger partial charge in [-0.3, -0.25) is 0 Å². The van der Waals surface area contributed by atoms with Gasteiger partial charge in [0.25, 0.3) is 0 Å². The lowest BCUT2D eigenvalue weighted by Crippen LogP contribution is -2.12. The van der Waals surface area contributed by atoms with Gasteiger partial charge in [0.05, 0.1) is 11.0 Å². The van der Waals surface area contributed by atoms with E-state index < -0.39 is 0 Å². The van der Waals surface area contributed by atoms with Crippen molar-refractivity contribution in [1.82, 2.24) is 9.55 Å². The summed E-state index contributed by atoms with van der Waals surface area (Å²) in [7, 11) is 0. The maximum Gasteiger partial charge on any atom is 0.153 e. The number of hydrogen-bond acceptors (Lipinski definition) is 2. The number of ether oxygens (including phenoxy) is 1. The smallest absolute Gasteiger partial charge is 0.153 e. The van der Waals surface area contributed by atoms with E-state index in [1.807, 2.05) is 12.1 Å². The summed E-state index contributed by atoms with van der Waals surface area (Å²) < 4.78 is 8.63. The fourth-order valence-corrected chi connectivity index (χ4v) is 4.17. The number of fused-ring (bicyclic) bond motifs is 1. The lowest BCUT2D eigenvalue weighted by Gasteiger charge is -2.17. The number of nitrogens with zero attached hydrogens (tertiary/aromatic N) is 2. The predicted octanol–water partition coefficient (Wildman–Crippen LogP) is 8.02. The molecule has 0 amide bonds. The van der Waals surface area contributed by atoms with Gasteiger partial charge < -0.3 is 9.30 Å². The number of hydrogen-bond donors (Lipinski definition) is 0. The Kier molecular flexibility index (Phi) is 8.80. The first kappa shape index (κ1) is 22.4. The van der Waals surface area contributed by atoms with Gasteiger partial charge in [-0.05, 0) is 50.1 Å². The second kappa shape index (κ2) is 11.8. The highest BCUT2D eigenvalue weighted by molar-refractivity contribution is 5.76. The number of aryl methyl sites for hydroxylation is 2. The molecule has 162 valence electrons. The van der Waals surface area contributed by atoms with Crippen molar-refractivity contribution in [2.24, 2.45) is 0 Å². The van der Waals surface area contributed by atoms with E-state index in [4.69, 9.17) is 9.72 Å². The van der Waals surface area contributed by atoms with Crippen LogP contribution >= 0.6 is 0 Å². The van der Waals surface area contributed by atoms with Gasteiger partial charge in [0, 0.05) is 6.54 Å². The second-order valence-corrected chi connectivity index (χ2v) is 8.52. The van der Waals surface area contributed by atoms with Crippen LogP contribution in [0.25, 0.3) is 11.0 Å². The fourth-order valence-electron chi connectivity index (χ4n) is 4.17. The second-order valence-electron chi connectivity index (χ2n) is 8.52. The van der Waals surface area contributed by atoms with Crippen molar-refractivity contribution in [3.63, 3.8) is 0 Å². The van der Waals surface area contributed by atoms with Crippen LogP contribution in [0.1, 0.15) is 89.1 Å². The number of rotatable bonds is 13. The van der Waals surface area contributed by atoms with Crippen molar-refractivity contribution >= 4 is 11.0 Å². The summed E-state index contributed by atoms with van der Waals surface area (Å²) in [5, 5.41) is 0. The van der Waals surface area contributed by atoms with Crippen LogP contribution in [-0.4, -0.2) is 9.55 Å². The van der Waals surface area contributed by atoms with Gasteiger partial charge in [-0.1, -0.05) is 82.6 Å². The summed E-state index contributed by atoms with van der Waals surface area (Å²) >= 11 is 0. The van der Waals surface area contributed by atoms with Gasteiger partial charge in [0.1, 0.15) is 5.75 Å². The molecule has 0 N–H and O–H groups in total. The maximum atomic E-state index is 6.26. The van der Waals surface area contributed by atoms with E-state index >= 15 is 0 Å². The van der Waals surface area contributed by atoms with Crippen molar-refractivity contribution < 1.29 is 4.74 Å². The van der Waals surface area contributed by atoms with Crippen LogP contribution in [0.5, 0.6) is 5.75 Å². The number of aromatic nitrogens is 2. The molecule has 1 atom stereocenters. The van der Waals surface area contributed by atoms with E-state index in [0.29, 0.717) is 0 Å². The highest BCUT2D eigenvalue weighted by atomic mass is 16.5. The Morgan fingerprint density at radius 2 is 1.57 bits per heavy atom. The first-order valence-corrected chi connectivity index (χ1v) is 11.9. The highest BCUT2D eigenvalue weighted by Gasteiger charge is 2.18. The molecule has 0 saturated heterocycles. The molecule has 0 bridgehead atoms. The normalized spacial score (nSPS) is 12.4. The molecule has 3 aromatic rings. The zero-order chi connectivity index (χ0) is 21.2. The maximum absolute atomic E-state index is 6.26. The van der Waals surface area contributed by atoms with Crippen molar-refractivity contribution in [3.05, 3.63) is 59.9 Å². The van der Waals surface area contributed by atoms with E-state index in [2.05, 4.69) is 61.7 Å². The molecule has 3 rings (SSSR count). The Hall–Kier alpha value is -2.29. The molecule has 30 heavy (non-hydrogen) atoms. The Labute approximate surface area is 182 Å². The summed E-state index contributed by atoms with van der Waals surface area (Å²) in [6, 6.07) is 16.7. The molecule has 0 aliphatic heterocycles. The molecule has 2 aromatic carbocycles. The molecule has 0 spiro atoms. The number of benzene rings is 2. The van der Waals surface area contributed by atoms with Crippen LogP contribution < -0.4 is 4.74 Å². The monoisotopic (exact) mass is 406 g/mol. The van der Waals surface area contributed by atoms with E-state index in [0.717, 1.165) is 23.6 Å². The Balaban J connectivity index is 1.59. The molecule has 0 radical (unpaired) electrons. The number of unbranched alkanes of at least 4 members (excludes halogenated alkanes) is 8. The largest absolute Gasteiger partial charge is 0.483 e. The summed E-state index contributed by atoms with van der Waals surface area (Å²) in [5.74, 6) is 1.93. The molecular weight excluding hydrogens is 368 g/mol. The minimum Gasteiger partial charge on any atom is -0.483 e. The van der Waals surface area contributed by atoms with Gasteiger partial charge in [-0.2, -0.15) is 0 Å². The van der Waals surface area contributed by atoms with Crippen LogP contribution in [0.3, 0.4) is 0 Å². The topological polar surface area (TPSA) is 27.1 Å². The standard InChI is InChI=1S/C27H38N2O/c1-4-5-6-7-8-9-10-11-14-20-29-26-19-13-12-18-25(26)28-27(29)23(3)30-24-17-15-16-22(2)21-24/h12-13,15-19,21,23H,4-11,14,20H2,1-3H3. The fraction of sp³-hybridized carbons (Fsp3) is 0.519. The van der Waals surface area contributed by atoms with Crippen molar-refractivity contribution in [2.45, 2.75) is 91.2 Å². The average molecular weight is 407 g/mol. The van der Waals surface area contributed by atoms with E-state index in [1.54, 1.807) is 0 Å². The van der Waals surface area contributed by atoms with Crippen LogP contribution in [0.4, 0.5) is 0 Å². The minimum absolute atomic E-state index is 0.0854. The Morgan fingerprint density at radius 1 is 0.867 bits per heavy atom. The molecule has 0 fully saturated rings. The van der Waals surface area contributed by atoms with Crippen LogP contribution in [0.15, 0.2) is 48.5 Å². The Morgan fingerprint density at radius 3 is 2.30 bits per heavy atom. The third-order valence-corrected chi connectivity index (χ3v) is 5.84. The first-order chi connectivity index (χ1) is 14.7. The molecule has 1 aromatic heterocycles. The summed E-state index contributed by atoms with van der Waals surface area (Å²) in [5.41, 5.74) is 3.48. The predicted molar refractivity (Wildman–Crippen MR) is 127 cm³/mol. The number of para-hydroxylation sites is 2. The van der Waals surface area contributed by atoms with Crippen molar-refractivity contribution in [2.75, 3.05) is 0 Å². The summed E-state index contributed by atoms with van der Waals surface area (Å²) in [4.78, 5) is 4.93. The quantitative estimate of drug-likeness (QED) is 0.269. The molecular formula is C27H38N2O. The van der Waals surface area contributed by atoms with E-state index in [-0.39, 0.29) is 6.10 Å². The molecule has 0 aliphatic rings. The van der Waals surface area contributed by atoms with Crippen LogP contribution in [0, 0.1) is 6.92 Å². The molecule has 3 nitrogen and oxygen atoms in total. The third kappa shape index (κ3) is 6.35. The first-order valence-electron chi connectivity index (χ1n) is 11.9. The minimum atomic E-state index is -0.0854. The summed E-state index contributed by atoms with van der Waals surface area (Å²) in [6.07, 6.45) is 12.0. The van der Waals surface area contributed by atoms with Gasteiger partial charge in [0.2, 0.25) is 0 Å². The van der Waals surface area contributed by atoms with Crippen LogP contribution in [-0.2, 0) is 6.54 Å². The Bertz CT molecular complexity index is 899. The van der Waals surface area contributed by atoms with Crippen molar-refractivity contribution in [3.8, 4) is 5.75 Å². The molecule has 0 saturated carbocycles. The van der Waals surface area contributed by atoms with Crippen LogP contribution in [0.2, 0.25) is 0 Å². The van der Waals surface area contributed by atoms with Gasteiger partial charge in [-0.25, -0.2) is 4.98 Å². The molecule has 0 aliphatic carbocycles. The average Bonchev–Trinajstić information content (AvgIpc) is 3.11. The zero-order valence-corrected chi connectivity index (χ0v) is 19.1. The van der Waals surface area contributed by atoms with Crippen molar-refractivity contribution in [1.29, 1.82) is 0 Å². The van der Waals surface area contributed by atoms with Gasteiger partial charge in [0.15, 0.2) is 11.9 Å². The summed E-state index contributed by atoms with van der Waals surface area (Å²) in [6.45, 7) is 7.49. The van der Waals surface area contributed by atoms with Gasteiger partial charge in [-0.15, -0.1) is 0 Å². The van der Waals surface area contributed by atoms with E-state index in [1.165, 1.54) is 68.9 Å². The van der Waals surface area contributed by atoms with Gasteiger partial charge >= 0.3 is 0 Å². The number of imidazole rings is 1. The lowest BCUT2D eigenvalue weighted by molar-refractivity contribution is 0.211. The highest BCUT2D eigenvalue weighted by Crippen LogP contribution is 2.26. The molecule has 3 heteroatoms. The SMILES string of the molecule is CCCCCCCCCCCn1c(C(C)Oc2cccc(C)c2)nc2ccccc21.